The van der Waals surface area contributed by atoms with Crippen LogP contribution in [0, 0.1) is 5.92 Å². The third kappa shape index (κ3) is 4.62. The summed E-state index contributed by atoms with van der Waals surface area (Å²) in [7, 11) is -3.73. The Morgan fingerprint density at radius 1 is 1.37 bits per heavy atom. The van der Waals surface area contributed by atoms with Crippen molar-refractivity contribution in [2.45, 2.75) is 31.3 Å². The lowest BCUT2D eigenvalue weighted by atomic mass is 10.0. The summed E-state index contributed by atoms with van der Waals surface area (Å²) in [6.45, 7) is 3.92. The molecule has 1 amide bonds. The number of nitrogens with two attached hydrogens (primary N) is 2. The average molecular weight is 285 g/mol. The van der Waals surface area contributed by atoms with E-state index in [1.165, 1.54) is 12.1 Å². The fraction of sp³-hybridized carbons (Fsp3) is 0.417. The Labute approximate surface area is 113 Å². The molecule has 0 spiro atoms. The molecule has 0 saturated heterocycles. The van der Waals surface area contributed by atoms with Crippen LogP contribution in [0.25, 0.3) is 0 Å². The number of amides is 1. The molecule has 106 valence electrons. The van der Waals surface area contributed by atoms with E-state index >= 15 is 0 Å². The molecular formula is C12H19N3O3S. The summed E-state index contributed by atoms with van der Waals surface area (Å²) < 4.78 is 22.4. The monoisotopic (exact) mass is 285 g/mol. The number of hydrogen-bond donors (Lipinski definition) is 3. The lowest BCUT2D eigenvalue weighted by molar-refractivity contribution is -0.123. The normalized spacial score (nSPS) is 13.3. The van der Waals surface area contributed by atoms with E-state index in [-0.39, 0.29) is 23.3 Å². The quantitative estimate of drug-likeness (QED) is 0.702. The molecule has 1 rings (SSSR count). The van der Waals surface area contributed by atoms with Gasteiger partial charge in [-0.1, -0.05) is 26.0 Å². The van der Waals surface area contributed by atoms with Gasteiger partial charge in [0, 0.05) is 6.54 Å². The Morgan fingerprint density at radius 3 is 2.53 bits per heavy atom. The van der Waals surface area contributed by atoms with E-state index in [2.05, 4.69) is 5.32 Å². The molecule has 0 unspecified atom stereocenters. The number of nitrogens with one attached hydrogen (secondary N) is 1. The lowest BCUT2D eigenvalue weighted by Gasteiger charge is -2.15. The Morgan fingerprint density at radius 2 is 2.00 bits per heavy atom. The number of carbonyl (C=O) groups is 1. The molecule has 5 N–H and O–H groups in total. The SMILES string of the molecule is CC(C)[C@@H](N)C(=O)NCc1cccc(S(N)(=O)=O)c1. The van der Waals surface area contributed by atoms with Gasteiger partial charge < -0.3 is 11.1 Å². The van der Waals surface area contributed by atoms with Crippen LogP contribution < -0.4 is 16.2 Å². The number of rotatable bonds is 5. The molecule has 0 bridgehead atoms. The molecule has 7 heteroatoms. The van der Waals surface area contributed by atoms with Crippen molar-refractivity contribution >= 4 is 15.9 Å². The molecule has 0 radical (unpaired) electrons. The first-order valence-electron chi connectivity index (χ1n) is 5.87. The Bertz CT molecular complexity index is 555. The van der Waals surface area contributed by atoms with Crippen molar-refractivity contribution in [3.05, 3.63) is 29.8 Å². The maximum atomic E-state index is 11.7. The standard InChI is InChI=1S/C12H19N3O3S/c1-8(2)11(13)12(16)15-7-9-4-3-5-10(6-9)19(14,17)18/h3-6,8,11H,7,13H2,1-2H3,(H,15,16)(H2,14,17,18)/t11-/m1/s1. The van der Waals surface area contributed by atoms with Crippen molar-refractivity contribution in [3.63, 3.8) is 0 Å². The minimum atomic E-state index is -3.73. The molecule has 0 heterocycles. The molecule has 1 aromatic carbocycles. The first-order valence-corrected chi connectivity index (χ1v) is 7.41. The molecule has 6 nitrogen and oxygen atoms in total. The van der Waals surface area contributed by atoms with Crippen LogP contribution in [0.4, 0.5) is 0 Å². The third-order valence-corrected chi connectivity index (χ3v) is 3.63. The highest BCUT2D eigenvalue weighted by Crippen LogP contribution is 2.09. The van der Waals surface area contributed by atoms with Crippen LogP contribution in [0.2, 0.25) is 0 Å². The molecule has 0 aliphatic heterocycles. The summed E-state index contributed by atoms with van der Waals surface area (Å²) in [4.78, 5) is 11.7. The van der Waals surface area contributed by atoms with Crippen LogP contribution in [0.15, 0.2) is 29.2 Å². The van der Waals surface area contributed by atoms with Gasteiger partial charge in [-0.2, -0.15) is 0 Å². The minimum absolute atomic E-state index is 0.0207. The zero-order chi connectivity index (χ0) is 14.6. The van der Waals surface area contributed by atoms with Crippen molar-refractivity contribution in [3.8, 4) is 0 Å². The summed E-state index contributed by atoms with van der Waals surface area (Å²) >= 11 is 0. The van der Waals surface area contributed by atoms with E-state index in [1.807, 2.05) is 13.8 Å². The zero-order valence-corrected chi connectivity index (χ0v) is 11.8. The third-order valence-electron chi connectivity index (χ3n) is 2.71. The second kappa shape index (κ2) is 6.14. The molecule has 0 saturated carbocycles. The van der Waals surface area contributed by atoms with Gasteiger partial charge in [0.1, 0.15) is 0 Å². The van der Waals surface area contributed by atoms with Crippen molar-refractivity contribution < 1.29 is 13.2 Å². The fourth-order valence-electron chi connectivity index (χ4n) is 1.44. The van der Waals surface area contributed by atoms with Gasteiger partial charge in [0.25, 0.3) is 0 Å². The average Bonchev–Trinajstić information content (AvgIpc) is 2.34. The first-order chi connectivity index (χ1) is 8.71. The molecule has 1 aromatic rings. The van der Waals surface area contributed by atoms with Gasteiger partial charge in [0.05, 0.1) is 10.9 Å². The van der Waals surface area contributed by atoms with Crippen molar-refractivity contribution in [1.82, 2.24) is 5.32 Å². The fourth-order valence-corrected chi connectivity index (χ4v) is 2.03. The Kier molecular flexibility index (Phi) is 5.04. The minimum Gasteiger partial charge on any atom is -0.351 e. The summed E-state index contributed by atoms with van der Waals surface area (Å²) in [5, 5.41) is 7.69. The smallest absolute Gasteiger partial charge is 0.238 e. The van der Waals surface area contributed by atoms with E-state index in [0.29, 0.717) is 5.56 Å². The highest BCUT2D eigenvalue weighted by molar-refractivity contribution is 7.89. The molecule has 1 atom stereocenters. The van der Waals surface area contributed by atoms with Gasteiger partial charge in [0.15, 0.2) is 0 Å². The van der Waals surface area contributed by atoms with Crippen LogP contribution in [-0.2, 0) is 21.4 Å². The van der Waals surface area contributed by atoms with E-state index in [0.717, 1.165) is 0 Å². The van der Waals surface area contributed by atoms with E-state index in [9.17, 15) is 13.2 Å². The van der Waals surface area contributed by atoms with Gasteiger partial charge in [-0.05, 0) is 23.6 Å². The van der Waals surface area contributed by atoms with Crippen molar-refractivity contribution in [2.24, 2.45) is 16.8 Å². The number of primary sulfonamides is 1. The molecule has 19 heavy (non-hydrogen) atoms. The maximum Gasteiger partial charge on any atom is 0.238 e. The summed E-state index contributed by atoms with van der Waals surface area (Å²) in [6.07, 6.45) is 0. The predicted octanol–water partition coefficient (Wildman–Crippen LogP) is -0.0665. The highest BCUT2D eigenvalue weighted by atomic mass is 32.2. The van der Waals surface area contributed by atoms with Gasteiger partial charge in [-0.15, -0.1) is 0 Å². The van der Waals surface area contributed by atoms with Gasteiger partial charge in [-0.3, -0.25) is 4.79 Å². The molecule has 0 fully saturated rings. The largest absolute Gasteiger partial charge is 0.351 e. The summed E-state index contributed by atoms with van der Waals surface area (Å²) in [5.41, 5.74) is 6.34. The molecule has 0 aliphatic carbocycles. The van der Waals surface area contributed by atoms with Crippen LogP contribution in [0.3, 0.4) is 0 Å². The van der Waals surface area contributed by atoms with Gasteiger partial charge >= 0.3 is 0 Å². The van der Waals surface area contributed by atoms with E-state index < -0.39 is 16.1 Å². The molecule has 0 aromatic heterocycles. The molecule has 0 aliphatic rings. The lowest BCUT2D eigenvalue weighted by Crippen LogP contribution is -2.43. The van der Waals surface area contributed by atoms with Crippen molar-refractivity contribution in [2.75, 3.05) is 0 Å². The van der Waals surface area contributed by atoms with Crippen LogP contribution in [0.5, 0.6) is 0 Å². The Balaban J connectivity index is 2.72. The maximum absolute atomic E-state index is 11.7. The molecular weight excluding hydrogens is 266 g/mol. The highest BCUT2D eigenvalue weighted by Gasteiger charge is 2.16. The second-order valence-corrected chi connectivity index (χ2v) is 6.24. The predicted molar refractivity (Wildman–Crippen MR) is 72.5 cm³/mol. The van der Waals surface area contributed by atoms with E-state index in [4.69, 9.17) is 10.9 Å². The number of sulfonamides is 1. The summed E-state index contributed by atoms with van der Waals surface area (Å²) in [5.74, 6) is -0.230. The van der Waals surface area contributed by atoms with Crippen LogP contribution >= 0.6 is 0 Å². The van der Waals surface area contributed by atoms with Crippen LogP contribution in [-0.4, -0.2) is 20.4 Å². The zero-order valence-electron chi connectivity index (χ0n) is 11.0. The number of hydrogen-bond acceptors (Lipinski definition) is 4. The number of benzene rings is 1. The van der Waals surface area contributed by atoms with Crippen molar-refractivity contribution in [1.29, 1.82) is 0 Å². The van der Waals surface area contributed by atoms with Gasteiger partial charge in [0.2, 0.25) is 15.9 Å². The second-order valence-electron chi connectivity index (χ2n) is 4.68. The Hall–Kier alpha value is -1.44. The first kappa shape index (κ1) is 15.6. The van der Waals surface area contributed by atoms with Crippen LogP contribution in [0.1, 0.15) is 19.4 Å². The van der Waals surface area contributed by atoms with Gasteiger partial charge in [-0.25, -0.2) is 13.6 Å². The van der Waals surface area contributed by atoms with E-state index in [1.54, 1.807) is 12.1 Å². The topological polar surface area (TPSA) is 115 Å². The number of carbonyl (C=O) groups excluding carboxylic acids is 1. The summed E-state index contributed by atoms with van der Waals surface area (Å²) in [6, 6.07) is 5.53.